The second-order valence-electron chi connectivity index (χ2n) is 5.90. The minimum atomic E-state index is -0.141. The van der Waals surface area contributed by atoms with Crippen molar-refractivity contribution in [3.05, 3.63) is 64.7 Å². The van der Waals surface area contributed by atoms with Crippen LogP contribution in [0.3, 0.4) is 0 Å². The van der Waals surface area contributed by atoms with Gasteiger partial charge >= 0.3 is 0 Å². The fraction of sp³-hybridized carbons (Fsp3) is 0.381. The summed E-state index contributed by atoms with van der Waals surface area (Å²) in [5, 5.41) is 3.77. The summed E-state index contributed by atoms with van der Waals surface area (Å²) in [6.45, 7) is 8.87. The molecule has 2 aromatic carbocycles. The highest BCUT2D eigenvalue weighted by molar-refractivity contribution is 6.31. The number of carbonyl (C=O) groups excluding carboxylic acids is 1. The number of nitrogens with zero attached hydrogens (tertiary/aromatic N) is 1. The third-order valence-electron chi connectivity index (χ3n) is 4.40. The van der Waals surface area contributed by atoms with Gasteiger partial charge in [-0.3, -0.25) is 9.69 Å². The number of ether oxygens (including phenoxy) is 1. The first-order valence-electron chi connectivity index (χ1n) is 9.10. The molecule has 26 heavy (non-hydrogen) atoms. The molecule has 0 fully saturated rings. The first-order chi connectivity index (χ1) is 12.6. The molecule has 0 unspecified atom stereocenters. The van der Waals surface area contributed by atoms with Crippen LogP contribution >= 0.6 is 11.6 Å². The standard InChI is InChI=1S/C21H27ClN2O2/c1-4-24(5-2)19(16-11-7-9-13-18(16)22)15-23-21(25)17-12-8-10-14-20(17)26-6-3/h7-14,19H,4-6,15H2,1-3H3,(H,23,25)/t19-/m0/s1. The predicted octanol–water partition coefficient (Wildman–Crippen LogP) is 4.55. The van der Waals surface area contributed by atoms with Crippen LogP contribution in [0.15, 0.2) is 48.5 Å². The molecule has 0 saturated heterocycles. The van der Waals surface area contributed by atoms with Crippen LogP contribution in [0.1, 0.15) is 42.7 Å². The lowest BCUT2D eigenvalue weighted by molar-refractivity contribution is 0.0931. The average molecular weight is 375 g/mol. The molecule has 1 N–H and O–H groups in total. The van der Waals surface area contributed by atoms with E-state index in [4.69, 9.17) is 16.3 Å². The number of carbonyl (C=O) groups is 1. The highest BCUT2D eigenvalue weighted by Crippen LogP contribution is 2.27. The van der Waals surface area contributed by atoms with Crippen LogP contribution in [-0.2, 0) is 0 Å². The van der Waals surface area contributed by atoms with Gasteiger partial charge in [0.1, 0.15) is 5.75 Å². The molecule has 1 atom stereocenters. The smallest absolute Gasteiger partial charge is 0.255 e. The quantitative estimate of drug-likeness (QED) is 0.700. The monoisotopic (exact) mass is 374 g/mol. The van der Waals surface area contributed by atoms with Crippen molar-refractivity contribution >= 4 is 17.5 Å². The van der Waals surface area contributed by atoms with E-state index >= 15 is 0 Å². The van der Waals surface area contributed by atoms with Crippen LogP contribution in [0.5, 0.6) is 5.75 Å². The lowest BCUT2D eigenvalue weighted by Crippen LogP contribution is -2.38. The fourth-order valence-corrected chi connectivity index (χ4v) is 3.33. The molecule has 0 spiro atoms. The molecule has 0 saturated carbocycles. The molecule has 5 heteroatoms. The number of hydrogen-bond acceptors (Lipinski definition) is 3. The van der Waals surface area contributed by atoms with Crippen molar-refractivity contribution in [2.75, 3.05) is 26.2 Å². The van der Waals surface area contributed by atoms with Crippen LogP contribution in [-0.4, -0.2) is 37.0 Å². The number of benzene rings is 2. The molecule has 2 aromatic rings. The molecule has 0 bridgehead atoms. The zero-order valence-electron chi connectivity index (χ0n) is 15.7. The summed E-state index contributed by atoms with van der Waals surface area (Å²) in [7, 11) is 0. The molecule has 0 aromatic heterocycles. The zero-order chi connectivity index (χ0) is 18.9. The van der Waals surface area contributed by atoms with Crippen molar-refractivity contribution in [2.24, 2.45) is 0 Å². The van der Waals surface area contributed by atoms with Crippen molar-refractivity contribution in [3.63, 3.8) is 0 Å². The van der Waals surface area contributed by atoms with Crippen molar-refractivity contribution in [3.8, 4) is 5.75 Å². The molecule has 0 aliphatic heterocycles. The van der Waals surface area contributed by atoms with Crippen molar-refractivity contribution < 1.29 is 9.53 Å². The first kappa shape index (κ1) is 20.3. The van der Waals surface area contributed by atoms with Gasteiger partial charge in [-0.15, -0.1) is 0 Å². The van der Waals surface area contributed by atoms with Crippen LogP contribution in [0.25, 0.3) is 0 Å². The van der Waals surface area contributed by atoms with Gasteiger partial charge in [-0.05, 0) is 43.8 Å². The Labute approximate surface area is 161 Å². The number of nitrogens with one attached hydrogen (secondary N) is 1. The van der Waals surface area contributed by atoms with Gasteiger partial charge in [-0.25, -0.2) is 0 Å². The third-order valence-corrected chi connectivity index (χ3v) is 4.75. The Bertz CT molecular complexity index is 717. The molecule has 0 aliphatic carbocycles. The van der Waals surface area contributed by atoms with E-state index in [2.05, 4.69) is 24.1 Å². The highest BCUT2D eigenvalue weighted by atomic mass is 35.5. The maximum Gasteiger partial charge on any atom is 0.255 e. The SMILES string of the molecule is CCOc1ccccc1C(=O)NC[C@@H](c1ccccc1Cl)N(CC)CC. The minimum absolute atomic E-state index is 0.0157. The Morgan fingerprint density at radius 2 is 1.73 bits per heavy atom. The number of likely N-dealkylation sites (N-methyl/N-ethyl adjacent to an activating group) is 1. The van der Waals surface area contributed by atoms with Crippen molar-refractivity contribution in [2.45, 2.75) is 26.8 Å². The van der Waals surface area contributed by atoms with E-state index in [-0.39, 0.29) is 11.9 Å². The summed E-state index contributed by atoms with van der Waals surface area (Å²) in [6.07, 6.45) is 0. The summed E-state index contributed by atoms with van der Waals surface area (Å²) in [5.41, 5.74) is 1.57. The normalized spacial score (nSPS) is 12.0. The van der Waals surface area contributed by atoms with Crippen molar-refractivity contribution in [1.82, 2.24) is 10.2 Å². The van der Waals surface area contributed by atoms with Gasteiger partial charge in [0.15, 0.2) is 0 Å². The van der Waals surface area contributed by atoms with Crippen LogP contribution in [0, 0.1) is 0 Å². The van der Waals surface area contributed by atoms with E-state index in [9.17, 15) is 4.79 Å². The Morgan fingerprint density at radius 1 is 1.08 bits per heavy atom. The molecular weight excluding hydrogens is 348 g/mol. The maximum atomic E-state index is 12.7. The molecule has 0 aliphatic rings. The summed E-state index contributed by atoms with van der Waals surface area (Å²) >= 11 is 6.42. The van der Waals surface area contributed by atoms with E-state index in [0.717, 1.165) is 18.7 Å². The van der Waals surface area contributed by atoms with E-state index in [1.807, 2.05) is 49.4 Å². The van der Waals surface area contributed by atoms with Gasteiger partial charge in [0, 0.05) is 11.6 Å². The summed E-state index contributed by atoms with van der Waals surface area (Å²) in [5.74, 6) is 0.461. The van der Waals surface area contributed by atoms with Crippen LogP contribution in [0.2, 0.25) is 5.02 Å². The Morgan fingerprint density at radius 3 is 2.38 bits per heavy atom. The lowest BCUT2D eigenvalue weighted by atomic mass is 10.0. The average Bonchev–Trinajstić information content (AvgIpc) is 2.66. The molecule has 0 radical (unpaired) electrons. The molecule has 1 amide bonds. The number of amides is 1. The third kappa shape index (κ3) is 4.99. The number of hydrogen-bond donors (Lipinski definition) is 1. The minimum Gasteiger partial charge on any atom is -0.493 e. The first-order valence-corrected chi connectivity index (χ1v) is 9.48. The Balaban J connectivity index is 2.19. The van der Waals surface area contributed by atoms with Crippen LogP contribution in [0.4, 0.5) is 0 Å². The maximum absolute atomic E-state index is 12.7. The highest BCUT2D eigenvalue weighted by Gasteiger charge is 2.22. The molecule has 4 nitrogen and oxygen atoms in total. The predicted molar refractivity (Wildman–Crippen MR) is 107 cm³/mol. The molecule has 140 valence electrons. The van der Waals surface area contributed by atoms with E-state index in [1.165, 1.54) is 0 Å². The van der Waals surface area contributed by atoms with Gasteiger partial charge in [0.25, 0.3) is 5.91 Å². The summed E-state index contributed by atoms with van der Waals surface area (Å²) < 4.78 is 5.57. The number of halogens is 1. The van der Waals surface area contributed by atoms with E-state index in [0.29, 0.717) is 29.5 Å². The summed E-state index contributed by atoms with van der Waals surface area (Å²) in [4.78, 5) is 15.0. The van der Waals surface area contributed by atoms with Crippen LogP contribution < -0.4 is 10.1 Å². The molecule has 0 heterocycles. The van der Waals surface area contributed by atoms with Gasteiger partial charge in [-0.2, -0.15) is 0 Å². The molecular formula is C21H27ClN2O2. The second kappa shape index (κ2) is 10.2. The van der Waals surface area contributed by atoms with Crippen molar-refractivity contribution in [1.29, 1.82) is 0 Å². The Kier molecular flexibility index (Phi) is 7.95. The summed E-state index contributed by atoms with van der Waals surface area (Å²) in [6, 6.07) is 15.1. The Hall–Kier alpha value is -2.04. The van der Waals surface area contributed by atoms with E-state index < -0.39 is 0 Å². The zero-order valence-corrected chi connectivity index (χ0v) is 16.4. The van der Waals surface area contributed by atoms with Gasteiger partial charge in [0.2, 0.25) is 0 Å². The number of rotatable bonds is 9. The van der Waals surface area contributed by atoms with Gasteiger partial charge in [0.05, 0.1) is 18.2 Å². The topological polar surface area (TPSA) is 41.6 Å². The largest absolute Gasteiger partial charge is 0.493 e. The van der Waals surface area contributed by atoms with E-state index in [1.54, 1.807) is 6.07 Å². The lowest BCUT2D eigenvalue weighted by Gasteiger charge is -2.31. The molecule has 2 rings (SSSR count). The second-order valence-corrected chi connectivity index (χ2v) is 6.30. The van der Waals surface area contributed by atoms with Gasteiger partial charge in [-0.1, -0.05) is 55.8 Å². The van der Waals surface area contributed by atoms with Gasteiger partial charge < -0.3 is 10.1 Å². The number of para-hydroxylation sites is 1. The fourth-order valence-electron chi connectivity index (χ4n) is 3.07.